The zero-order chi connectivity index (χ0) is 18.5. The third-order valence-electron chi connectivity index (χ3n) is 4.78. The van der Waals surface area contributed by atoms with Gasteiger partial charge in [-0.05, 0) is 34.5 Å². The molecule has 0 amide bonds. The highest BCUT2D eigenvalue weighted by molar-refractivity contribution is 5.87. The number of hydrogen-bond donors (Lipinski definition) is 2. The number of rotatable bonds is 7. The molecule has 3 rings (SSSR count). The zero-order valence-electron chi connectivity index (χ0n) is 15.6. The topological polar surface area (TPSA) is 43.1 Å². The molecule has 0 aliphatic rings. The number of hydrogen-bond acceptors (Lipinski definition) is 3. The molecule has 0 spiro atoms. The van der Waals surface area contributed by atoms with Crippen LogP contribution >= 0.6 is 0 Å². The first-order chi connectivity index (χ1) is 12.6. The Morgan fingerprint density at radius 3 is 2.46 bits per heavy atom. The molecule has 1 unspecified atom stereocenters. The Bertz CT molecular complexity index is 892. The molecule has 0 radical (unpaired) electrons. The van der Waals surface area contributed by atoms with Crippen LogP contribution in [0.25, 0.3) is 10.8 Å². The molecule has 4 heteroatoms. The van der Waals surface area contributed by atoms with Crippen molar-refractivity contribution in [3.8, 4) is 17.2 Å². The van der Waals surface area contributed by atoms with Crippen molar-refractivity contribution in [1.82, 2.24) is 0 Å². The molecule has 0 aliphatic carbocycles. The molecule has 0 fully saturated rings. The molecular weight excluding hydrogens is 326 g/mol. The fraction of sp³-hybridized carbons (Fsp3) is 0.273. The molecular formula is C22H26NO3+. The summed E-state index contributed by atoms with van der Waals surface area (Å²) in [5.74, 6) is 1.88. The van der Waals surface area contributed by atoms with Crippen molar-refractivity contribution in [3.63, 3.8) is 0 Å². The minimum absolute atomic E-state index is 0.370. The van der Waals surface area contributed by atoms with Gasteiger partial charge in [-0.25, -0.2) is 0 Å². The van der Waals surface area contributed by atoms with Crippen LogP contribution in [-0.2, 0) is 13.0 Å². The molecule has 1 atom stereocenters. The van der Waals surface area contributed by atoms with Crippen LogP contribution in [0.15, 0.2) is 54.6 Å². The van der Waals surface area contributed by atoms with Gasteiger partial charge in [0.05, 0.1) is 33.4 Å². The lowest BCUT2D eigenvalue weighted by atomic mass is 10.0. The number of phenols is 1. The summed E-state index contributed by atoms with van der Waals surface area (Å²) in [7, 11) is 5.45. The highest BCUT2D eigenvalue weighted by Gasteiger charge is 2.13. The predicted octanol–water partition coefficient (Wildman–Crippen LogP) is 2.82. The molecule has 0 saturated carbocycles. The van der Waals surface area contributed by atoms with Crippen LogP contribution in [0.4, 0.5) is 0 Å². The summed E-state index contributed by atoms with van der Waals surface area (Å²) in [4.78, 5) is 1.34. The summed E-state index contributed by atoms with van der Waals surface area (Å²) in [5, 5.41) is 12.6. The van der Waals surface area contributed by atoms with Gasteiger partial charge in [0.1, 0.15) is 12.3 Å². The summed E-state index contributed by atoms with van der Waals surface area (Å²) in [6.07, 6.45) is 0.928. The van der Waals surface area contributed by atoms with Crippen molar-refractivity contribution < 1.29 is 19.5 Å². The summed E-state index contributed by atoms with van der Waals surface area (Å²) in [6, 6.07) is 18.0. The van der Waals surface area contributed by atoms with E-state index in [1.54, 1.807) is 20.3 Å². The summed E-state index contributed by atoms with van der Waals surface area (Å²) >= 11 is 0. The molecule has 0 bridgehead atoms. The van der Waals surface area contributed by atoms with E-state index in [4.69, 9.17) is 9.47 Å². The predicted molar refractivity (Wildman–Crippen MR) is 104 cm³/mol. The van der Waals surface area contributed by atoms with E-state index in [2.05, 4.69) is 25.2 Å². The number of quaternary nitrogens is 1. The van der Waals surface area contributed by atoms with E-state index in [9.17, 15) is 5.11 Å². The monoisotopic (exact) mass is 352 g/mol. The Kier molecular flexibility index (Phi) is 5.64. The van der Waals surface area contributed by atoms with Crippen LogP contribution in [0.5, 0.6) is 17.2 Å². The van der Waals surface area contributed by atoms with Crippen molar-refractivity contribution in [2.75, 3.05) is 27.8 Å². The van der Waals surface area contributed by atoms with E-state index in [0.29, 0.717) is 5.75 Å². The number of benzene rings is 3. The van der Waals surface area contributed by atoms with Gasteiger partial charge in [0.15, 0.2) is 11.5 Å². The van der Waals surface area contributed by atoms with Crippen molar-refractivity contribution in [2.24, 2.45) is 0 Å². The molecule has 2 N–H and O–H groups in total. The van der Waals surface area contributed by atoms with Gasteiger partial charge in [0, 0.05) is 6.42 Å². The van der Waals surface area contributed by atoms with E-state index < -0.39 is 0 Å². The summed E-state index contributed by atoms with van der Waals surface area (Å²) in [6.45, 7) is 1.73. The van der Waals surface area contributed by atoms with E-state index in [1.165, 1.54) is 10.5 Å². The number of nitrogens with one attached hydrogen (secondary N) is 1. The maximum atomic E-state index is 10.3. The molecule has 26 heavy (non-hydrogen) atoms. The Balaban J connectivity index is 1.70. The molecule has 4 nitrogen and oxygen atoms in total. The third kappa shape index (κ3) is 3.92. The highest BCUT2D eigenvalue weighted by atomic mass is 16.5. The SMILES string of the molecule is COc1ccc(CC[NH+](C)Cc2c(O)ccc3ccccc23)cc1OC. The van der Waals surface area contributed by atoms with Gasteiger partial charge in [0.2, 0.25) is 0 Å². The Hall–Kier alpha value is -2.72. The van der Waals surface area contributed by atoms with Gasteiger partial charge in [0.25, 0.3) is 0 Å². The molecule has 0 saturated heterocycles. The maximum absolute atomic E-state index is 10.3. The first-order valence-electron chi connectivity index (χ1n) is 8.84. The molecule has 3 aromatic rings. The van der Waals surface area contributed by atoms with Gasteiger partial charge < -0.3 is 19.5 Å². The molecule has 136 valence electrons. The van der Waals surface area contributed by atoms with Crippen LogP contribution < -0.4 is 14.4 Å². The third-order valence-corrected chi connectivity index (χ3v) is 4.78. The second-order valence-electron chi connectivity index (χ2n) is 6.61. The van der Waals surface area contributed by atoms with Gasteiger partial charge >= 0.3 is 0 Å². The van der Waals surface area contributed by atoms with Crippen LogP contribution in [-0.4, -0.2) is 32.9 Å². The summed E-state index contributed by atoms with van der Waals surface area (Å²) in [5.41, 5.74) is 2.22. The lowest BCUT2D eigenvalue weighted by Gasteiger charge is -2.17. The van der Waals surface area contributed by atoms with Crippen LogP contribution in [0.3, 0.4) is 0 Å². The van der Waals surface area contributed by atoms with Crippen LogP contribution in [0.2, 0.25) is 0 Å². The maximum Gasteiger partial charge on any atom is 0.160 e. The number of likely N-dealkylation sites (N-methyl/N-ethyl adjacent to an activating group) is 1. The van der Waals surface area contributed by atoms with E-state index in [0.717, 1.165) is 47.3 Å². The molecule has 0 aliphatic heterocycles. The number of phenolic OH excluding ortho intramolecular Hbond substituents is 1. The Morgan fingerprint density at radius 1 is 0.923 bits per heavy atom. The van der Waals surface area contributed by atoms with Crippen molar-refractivity contribution >= 4 is 10.8 Å². The molecule has 3 aromatic carbocycles. The lowest BCUT2D eigenvalue weighted by Crippen LogP contribution is -3.07. The number of methoxy groups -OCH3 is 2. The van der Waals surface area contributed by atoms with Gasteiger partial charge in [-0.3, -0.25) is 0 Å². The number of aromatic hydroxyl groups is 1. The minimum Gasteiger partial charge on any atom is -0.507 e. The zero-order valence-corrected chi connectivity index (χ0v) is 15.6. The molecule has 0 aromatic heterocycles. The second kappa shape index (κ2) is 8.11. The van der Waals surface area contributed by atoms with Crippen LogP contribution in [0, 0.1) is 0 Å². The smallest absolute Gasteiger partial charge is 0.160 e. The first-order valence-corrected chi connectivity index (χ1v) is 8.84. The standard InChI is InChI=1S/C22H25NO3/c1-23(13-12-16-8-11-21(25-2)22(14-16)26-3)15-19-18-7-5-4-6-17(18)9-10-20(19)24/h4-11,14,24H,12-13,15H2,1-3H3/p+1. The summed E-state index contributed by atoms with van der Waals surface area (Å²) < 4.78 is 10.7. The number of fused-ring (bicyclic) bond motifs is 1. The normalized spacial score (nSPS) is 12.1. The molecule has 0 heterocycles. The van der Waals surface area contributed by atoms with Crippen molar-refractivity contribution in [2.45, 2.75) is 13.0 Å². The quantitative estimate of drug-likeness (QED) is 0.687. The Morgan fingerprint density at radius 2 is 1.69 bits per heavy atom. The van der Waals surface area contributed by atoms with E-state index in [1.807, 2.05) is 30.3 Å². The highest BCUT2D eigenvalue weighted by Crippen LogP contribution is 2.28. The Labute approximate surface area is 154 Å². The average Bonchev–Trinajstić information content (AvgIpc) is 2.68. The van der Waals surface area contributed by atoms with E-state index >= 15 is 0 Å². The van der Waals surface area contributed by atoms with Gasteiger partial charge in [-0.1, -0.05) is 36.4 Å². The lowest BCUT2D eigenvalue weighted by molar-refractivity contribution is -0.893. The van der Waals surface area contributed by atoms with Gasteiger partial charge in [-0.2, -0.15) is 0 Å². The minimum atomic E-state index is 0.370. The fourth-order valence-electron chi connectivity index (χ4n) is 3.29. The largest absolute Gasteiger partial charge is 0.507 e. The first kappa shape index (κ1) is 18.1. The van der Waals surface area contributed by atoms with Gasteiger partial charge in [-0.15, -0.1) is 0 Å². The van der Waals surface area contributed by atoms with Crippen LogP contribution in [0.1, 0.15) is 11.1 Å². The fourth-order valence-corrected chi connectivity index (χ4v) is 3.29. The average molecular weight is 352 g/mol. The second-order valence-corrected chi connectivity index (χ2v) is 6.61. The van der Waals surface area contributed by atoms with Crippen molar-refractivity contribution in [1.29, 1.82) is 0 Å². The van der Waals surface area contributed by atoms with E-state index in [-0.39, 0.29) is 0 Å². The van der Waals surface area contributed by atoms with Crippen molar-refractivity contribution in [3.05, 3.63) is 65.7 Å². The number of ether oxygens (including phenoxy) is 2.